The molecular formula is C77H73Cl3N7NiO8+. The number of carbonyl (C=O) groups excluding carboxylic acids is 4. The largest absolute Gasteiger partial charge is 2.00 e. The third-order valence-corrected chi connectivity index (χ3v) is 17.0. The van der Waals surface area contributed by atoms with E-state index in [-0.39, 0.29) is 58.0 Å². The smallest absolute Gasteiger partial charge is 0.625 e. The molecule has 5 N–H and O–H groups in total. The quantitative estimate of drug-likeness (QED) is 0.0257. The topological polar surface area (TPSA) is 217 Å². The van der Waals surface area contributed by atoms with Crippen molar-refractivity contribution >= 4 is 92.9 Å². The summed E-state index contributed by atoms with van der Waals surface area (Å²) in [5.41, 5.74) is 14.3. The number of carboxylic acid groups (broad SMARTS) is 2. The molecule has 3 heterocycles. The molecule has 2 amide bonds. The fourth-order valence-corrected chi connectivity index (χ4v) is 12.2. The van der Waals surface area contributed by atoms with E-state index in [9.17, 15) is 33.9 Å². The van der Waals surface area contributed by atoms with E-state index in [1.54, 1.807) is 78.9 Å². The van der Waals surface area contributed by atoms with Crippen LogP contribution in [0.2, 0.25) is 15.1 Å². The van der Waals surface area contributed by atoms with E-state index in [1.165, 1.54) is 11.1 Å². The fourth-order valence-electron chi connectivity index (χ4n) is 11.7. The SMILES string of the molecule is Nc1ccc(Cl)cc1C(=O)c1ccccc1.O=C(O)C1CCCN1Cc1ccccc1.O=C(O)CN=C(c1ccccc1)c1cc(Cl)ccc1[N-]C(=O)C1CCCN1Cc1ccccc1.O=C(c1ccccc1)c1cc(Cl)ccc1NC(=O)C1CCCN1Cc1ccccc1.[Ni+2]. The van der Waals surface area contributed by atoms with E-state index in [0.717, 1.165) is 82.4 Å². The number of likely N-dealkylation sites (tertiary alicyclic amines) is 3. The molecule has 0 bridgehead atoms. The van der Waals surface area contributed by atoms with Crippen molar-refractivity contribution in [3.05, 3.63) is 307 Å². The first-order valence-electron chi connectivity index (χ1n) is 31.4. The van der Waals surface area contributed by atoms with Gasteiger partial charge in [-0.15, -0.1) is 5.69 Å². The summed E-state index contributed by atoms with van der Waals surface area (Å²) in [6.07, 6.45) is 5.22. The van der Waals surface area contributed by atoms with E-state index >= 15 is 0 Å². The Morgan fingerprint density at radius 2 is 0.854 bits per heavy atom. The summed E-state index contributed by atoms with van der Waals surface area (Å²) in [7, 11) is 0. The van der Waals surface area contributed by atoms with E-state index in [4.69, 9.17) is 45.6 Å². The van der Waals surface area contributed by atoms with E-state index in [2.05, 4.69) is 49.7 Å². The Morgan fingerprint density at radius 1 is 0.469 bits per heavy atom. The second-order valence-electron chi connectivity index (χ2n) is 23.0. The van der Waals surface area contributed by atoms with Gasteiger partial charge >= 0.3 is 28.4 Å². The van der Waals surface area contributed by atoms with Crippen LogP contribution in [0.25, 0.3) is 5.32 Å². The molecule has 96 heavy (non-hydrogen) atoms. The molecule has 0 aliphatic carbocycles. The van der Waals surface area contributed by atoms with Gasteiger partial charge in [-0.3, -0.25) is 43.7 Å². The number of rotatable bonds is 19. The monoisotopic (exact) mass is 1390 g/mol. The van der Waals surface area contributed by atoms with Crippen molar-refractivity contribution in [2.24, 2.45) is 4.99 Å². The molecule has 0 radical (unpaired) electrons. The van der Waals surface area contributed by atoms with Gasteiger partial charge in [0.2, 0.25) is 5.91 Å². The van der Waals surface area contributed by atoms with Crippen LogP contribution in [0.1, 0.15) is 98.2 Å². The molecule has 0 aromatic heterocycles. The van der Waals surface area contributed by atoms with Crippen LogP contribution in [0.3, 0.4) is 0 Å². The molecule has 3 saturated heterocycles. The van der Waals surface area contributed by atoms with Crippen molar-refractivity contribution in [1.29, 1.82) is 0 Å². The normalized spacial score (nSPS) is 16.0. The van der Waals surface area contributed by atoms with Crippen LogP contribution in [-0.2, 0) is 55.3 Å². The summed E-state index contributed by atoms with van der Waals surface area (Å²) < 4.78 is 0. The first-order valence-corrected chi connectivity index (χ1v) is 32.5. The summed E-state index contributed by atoms with van der Waals surface area (Å²) >= 11 is 18.3. The third-order valence-electron chi connectivity index (χ3n) is 16.3. The summed E-state index contributed by atoms with van der Waals surface area (Å²) in [6.45, 7) is 4.37. The van der Waals surface area contributed by atoms with Crippen molar-refractivity contribution in [3.8, 4) is 0 Å². The van der Waals surface area contributed by atoms with Gasteiger partial charge in [0.1, 0.15) is 12.6 Å². The third kappa shape index (κ3) is 21.0. The second kappa shape index (κ2) is 36.7. The number of ketones is 2. The molecule has 0 spiro atoms. The second-order valence-corrected chi connectivity index (χ2v) is 24.3. The Labute approximate surface area is 584 Å². The Hall–Kier alpha value is -9.09. The molecule has 12 rings (SSSR count). The Bertz CT molecular complexity index is 4090. The van der Waals surface area contributed by atoms with Gasteiger partial charge in [0.05, 0.1) is 29.4 Å². The number of aliphatic imine (C=N–C) groups is 1. The van der Waals surface area contributed by atoms with Gasteiger partial charge in [-0.05, 0) is 129 Å². The maximum Gasteiger partial charge on any atom is 2.00 e. The van der Waals surface area contributed by atoms with Crippen LogP contribution >= 0.6 is 34.8 Å². The number of anilines is 2. The van der Waals surface area contributed by atoms with Crippen LogP contribution in [0, 0.1) is 0 Å². The molecule has 0 saturated carbocycles. The van der Waals surface area contributed by atoms with Crippen LogP contribution in [0.15, 0.2) is 242 Å². The molecule has 19 heteroatoms. The molecule has 3 aliphatic rings. The number of carboxylic acids is 2. The Morgan fingerprint density at radius 3 is 1.33 bits per heavy atom. The summed E-state index contributed by atoms with van der Waals surface area (Å²) in [6, 6.07) is 71.6. The van der Waals surface area contributed by atoms with Crippen molar-refractivity contribution in [1.82, 2.24) is 14.7 Å². The molecule has 3 fully saturated rings. The number of benzene rings is 9. The van der Waals surface area contributed by atoms with Crippen molar-refractivity contribution in [3.63, 3.8) is 0 Å². The van der Waals surface area contributed by atoms with Gasteiger partial charge in [0.25, 0.3) is 0 Å². The number of carbonyl (C=O) groups is 6. The molecular weight excluding hydrogens is 1320 g/mol. The number of hydrogen-bond acceptors (Lipinski definition) is 11. The zero-order chi connectivity index (χ0) is 67.1. The minimum absolute atomic E-state index is 0. The first-order chi connectivity index (χ1) is 46.1. The first kappa shape index (κ1) is 72.7. The number of amides is 2. The predicted octanol–water partition coefficient (Wildman–Crippen LogP) is 15.5. The molecule has 9 aromatic rings. The van der Waals surface area contributed by atoms with Gasteiger partial charge in [0.15, 0.2) is 11.6 Å². The molecule has 9 aromatic carbocycles. The van der Waals surface area contributed by atoms with Crippen molar-refractivity contribution < 1.29 is 55.5 Å². The molecule has 494 valence electrons. The number of nitrogens with zero attached hydrogens (tertiary/aromatic N) is 5. The molecule has 15 nitrogen and oxygen atoms in total. The number of aliphatic carboxylic acids is 2. The van der Waals surface area contributed by atoms with Crippen molar-refractivity contribution in [2.45, 2.75) is 76.3 Å². The van der Waals surface area contributed by atoms with Crippen LogP contribution in [0.5, 0.6) is 0 Å². The number of nitrogens with one attached hydrogen (secondary N) is 1. The summed E-state index contributed by atoms with van der Waals surface area (Å²) in [4.78, 5) is 84.4. The minimum Gasteiger partial charge on any atom is -0.625 e. The Kier molecular flexibility index (Phi) is 27.8. The standard InChI is InChI=1S/C27H26ClN3O3.C25H23ClN2O2.C13H10ClNO.C12H15NO2.Ni/c28-21-13-14-23(22(16-21)26(29-17-25(32)33)20-10-5-2-6-11-20)30-27(34)24-12-7-15-31(24)18-19-8-3-1-4-9-19;26-20-13-14-22(21(16-20)24(29)19-10-5-2-6-11-19)27-25(30)23-12-7-15-28(23)17-18-8-3-1-4-9-18;14-10-6-7-12(15)11(8-10)13(16)9-4-2-1-3-5-9;14-12(15)11-7-4-8-13(11)9-10-5-2-1-3-6-10;/h1-6,8-11,13-14,16,24H,7,12,15,17-18H2,(H2,29,30,32,33,34);1-6,8-11,13-14,16,23H,7,12,15,17H2,(H,27,30);1-8H,15H2;1-3,5-6,11H,4,7-9H2,(H,14,15);/q;;;;+2/p-1. The van der Waals surface area contributed by atoms with E-state index in [0.29, 0.717) is 72.2 Å². The van der Waals surface area contributed by atoms with Crippen molar-refractivity contribution in [2.75, 3.05) is 37.2 Å². The average Bonchev–Trinajstić information content (AvgIpc) is 1.13. The molecule has 3 unspecified atom stereocenters. The van der Waals surface area contributed by atoms with Gasteiger partial charge in [0, 0.05) is 68.2 Å². The Balaban J connectivity index is 0.000000172. The van der Waals surface area contributed by atoms with E-state index < -0.39 is 18.5 Å². The number of halogens is 3. The van der Waals surface area contributed by atoms with Gasteiger partial charge < -0.3 is 31.4 Å². The van der Waals surface area contributed by atoms with Crippen LogP contribution in [0.4, 0.5) is 17.1 Å². The summed E-state index contributed by atoms with van der Waals surface area (Å²) in [5, 5.41) is 27.1. The number of nitrogen functional groups attached to an aromatic ring is 1. The zero-order valence-corrected chi connectivity index (χ0v) is 55.8. The molecule has 3 atom stereocenters. The van der Waals surface area contributed by atoms with Crippen LogP contribution < -0.4 is 11.1 Å². The van der Waals surface area contributed by atoms with Gasteiger partial charge in [-0.1, -0.05) is 223 Å². The zero-order valence-electron chi connectivity index (χ0n) is 52.5. The van der Waals surface area contributed by atoms with Gasteiger partial charge in [-0.2, -0.15) is 0 Å². The van der Waals surface area contributed by atoms with Crippen LogP contribution in [-0.4, -0.2) is 110 Å². The minimum atomic E-state index is -1.05. The van der Waals surface area contributed by atoms with E-state index in [1.807, 2.05) is 138 Å². The maximum absolute atomic E-state index is 13.3. The number of nitrogens with two attached hydrogens (primary N) is 1. The van der Waals surface area contributed by atoms with Gasteiger partial charge in [-0.25, -0.2) is 0 Å². The molecule has 3 aliphatic heterocycles. The average molecular weight is 1390 g/mol. The summed E-state index contributed by atoms with van der Waals surface area (Å²) in [5.74, 6) is -2.33. The fraction of sp³-hybridized carbons (Fsp3) is 0.208. The number of hydrogen-bond donors (Lipinski definition) is 4. The predicted molar refractivity (Wildman–Crippen MR) is 377 cm³/mol. The maximum atomic E-state index is 13.3.